The van der Waals surface area contributed by atoms with E-state index in [-0.39, 0.29) is 17.8 Å². The summed E-state index contributed by atoms with van der Waals surface area (Å²) in [4.78, 5) is 14.8. The van der Waals surface area contributed by atoms with E-state index in [0.717, 1.165) is 35.2 Å². The highest BCUT2D eigenvalue weighted by Crippen LogP contribution is 2.32. The number of benzene rings is 2. The smallest absolute Gasteiger partial charge is 0.322 e. The van der Waals surface area contributed by atoms with Crippen molar-refractivity contribution in [2.45, 2.75) is 46.2 Å². The number of anilines is 1. The lowest BCUT2D eigenvalue weighted by molar-refractivity contribution is 0.206. The van der Waals surface area contributed by atoms with E-state index < -0.39 is 0 Å². The zero-order valence-corrected chi connectivity index (χ0v) is 15.8. The topological polar surface area (TPSA) is 61.8 Å². The summed E-state index contributed by atoms with van der Waals surface area (Å²) in [5, 5.41) is 12.9. The van der Waals surface area contributed by atoms with Gasteiger partial charge in [0.2, 0.25) is 0 Å². The molecular formula is C21H26N2O3. The number of nitrogens with zero attached hydrogens (tertiary/aromatic N) is 1. The Balaban J connectivity index is 1.79. The largest absolute Gasteiger partial charge is 0.504 e. The van der Waals surface area contributed by atoms with Crippen LogP contribution < -0.4 is 10.1 Å². The van der Waals surface area contributed by atoms with E-state index in [2.05, 4.69) is 24.4 Å². The Morgan fingerprint density at radius 1 is 1.19 bits per heavy atom. The number of phenols is 1. The van der Waals surface area contributed by atoms with E-state index in [1.165, 1.54) is 12.7 Å². The first-order valence-corrected chi connectivity index (χ1v) is 8.90. The third kappa shape index (κ3) is 3.93. The molecular weight excluding hydrogens is 328 g/mol. The number of methoxy groups -OCH3 is 1. The van der Waals surface area contributed by atoms with Gasteiger partial charge >= 0.3 is 6.03 Å². The van der Waals surface area contributed by atoms with Crippen LogP contribution in [-0.2, 0) is 6.54 Å². The van der Waals surface area contributed by atoms with Crippen molar-refractivity contribution in [1.82, 2.24) is 4.90 Å². The minimum Gasteiger partial charge on any atom is -0.504 e. The molecule has 26 heavy (non-hydrogen) atoms. The van der Waals surface area contributed by atoms with Crippen molar-refractivity contribution < 1.29 is 14.6 Å². The molecule has 2 aromatic carbocycles. The van der Waals surface area contributed by atoms with Crippen LogP contribution in [-0.4, -0.2) is 29.2 Å². The lowest BCUT2D eigenvalue weighted by Gasteiger charge is -2.24. The van der Waals surface area contributed by atoms with Crippen LogP contribution >= 0.6 is 0 Å². The van der Waals surface area contributed by atoms with Gasteiger partial charge in [-0.05, 0) is 62.4 Å². The molecule has 1 fully saturated rings. The van der Waals surface area contributed by atoms with Crippen molar-refractivity contribution in [3.8, 4) is 11.5 Å². The maximum atomic E-state index is 12.9. The van der Waals surface area contributed by atoms with Gasteiger partial charge in [0.25, 0.3) is 0 Å². The molecule has 2 amide bonds. The SMILES string of the molecule is COc1cc(CN(C(=O)Nc2c(C)cc(C)cc2C)C2CC2)ccc1O. The predicted octanol–water partition coefficient (Wildman–Crippen LogP) is 4.52. The number of amides is 2. The van der Waals surface area contributed by atoms with Crippen LogP contribution in [0.2, 0.25) is 0 Å². The number of carbonyl (C=O) groups excluding carboxylic acids is 1. The van der Waals surface area contributed by atoms with Crippen molar-refractivity contribution in [2.24, 2.45) is 0 Å². The second-order valence-electron chi connectivity index (χ2n) is 7.07. The zero-order chi connectivity index (χ0) is 18.8. The number of phenolic OH excluding ortho intramolecular Hbond substituents is 1. The highest BCUT2D eigenvalue weighted by molar-refractivity contribution is 5.91. The van der Waals surface area contributed by atoms with Gasteiger partial charge in [-0.15, -0.1) is 0 Å². The van der Waals surface area contributed by atoms with Gasteiger partial charge in [-0.1, -0.05) is 23.8 Å². The van der Waals surface area contributed by atoms with E-state index >= 15 is 0 Å². The molecule has 0 atom stereocenters. The van der Waals surface area contributed by atoms with Gasteiger partial charge in [-0.2, -0.15) is 0 Å². The van der Waals surface area contributed by atoms with Crippen molar-refractivity contribution >= 4 is 11.7 Å². The Morgan fingerprint density at radius 3 is 2.42 bits per heavy atom. The van der Waals surface area contributed by atoms with Gasteiger partial charge in [0.05, 0.1) is 7.11 Å². The number of carbonyl (C=O) groups is 1. The van der Waals surface area contributed by atoms with E-state index in [1.807, 2.05) is 24.8 Å². The van der Waals surface area contributed by atoms with Crippen molar-refractivity contribution in [1.29, 1.82) is 0 Å². The van der Waals surface area contributed by atoms with Crippen molar-refractivity contribution in [3.05, 3.63) is 52.6 Å². The summed E-state index contributed by atoms with van der Waals surface area (Å²) in [7, 11) is 1.52. The van der Waals surface area contributed by atoms with Crippen LogP contribution in [0.25, 0.3) is 0 Å². The molecule has 1 saturated carbocycles. The molecule has 0 aromatic heterocycles. The number of urea groups is 1. The fraction of sp³-hybridized carbons (Fsp3) is 0.381. The fourth-order valence-corrected chi connectivity index (χ4v) is 3.33. The molecule has 0 radical (unpaired) electrons. The first kappa shape index (κ1) is 18.1. The lowest BCUT2D eigenvalue weighted by atomic mass is 10.1. The number of hydrogen-bond acceptors (Lipinski definition) is 3. The highest BCUT2D eigenvalue weighted by Gasteiger charge is 2.33. The minimum absolute atomic E-state index is 0.0883. The van der Waals surface area contributed by atoms with E-state index in [0.29, 0.717) is 12.3 Å². The van der Waals surface area contributed by atoms with Gasteiger partial charge < -0.3 is 20.1 Å². The standard InChI is InChI=1S/C21H26N2O3/c1-13-9-14(2)20(15(3)10-13)22-21(25)23(17-6-7-17)12-16-5-8-18(24)19(11-16)26-4/h5,8-11,17,24H,6-7,12H2,1-4H3,(H,22,25). The molecule has 0 unspecified atom stereocenters. The summed E-state index contributed by atoms with van der Waals surface area (Å²) >= 11 is 0. The van der Waals surface area contributed by atoms with Crippen LogP contribution in [0.1, 0.15) is 35.1 Å². The Hall–Kier alpha value is -2.69. The quantitative estimate of drug-likeness (QED) is 0.830. The molecule has 5 heteroatoms. The summed E-state index contributed by atoms with van der Waals surface area (Å²) in [6, 6.07) is 9.54. The Bertz CT molecular complexity index is 805. The van der Waals surface area contributed by atoms with Gasteiger partial charge in [0.1, 0.15) is 0 Å². The molecule has 2 N–H and O–H groups in total. The molecule has 3 rings (SSSR count). The number of aromatic hydroxyl groups is 1. The molecule has 1 aliphatic rings. The van der Waals surface area contributed by atoms with Crippen LogP contribution in [0.3, 0.4) is 0 Å². The summed E-state index contributed by atoms with van der Waals surface area (Å²) in [6.07, 6.45) is 2.04. The van der Waals surface area contributed by atoms with Gasteiger partial charge in [0.15, 0.2) is 11.5 Å². The van der Waals surface area contributed by atoms with Crippen LogP contribution in [0.5, 0.6) is 11.5 Å². The van der Waals surface area contributed by atoms with E-state index in [4.69, 9.17) is 4.74 Å². The van der Waals surface area contributed by atoms with Crippen LogP contribution in [0.15, 0.2) is 30.3 Å². The Kier molecular flexibility index (Phi) is 5.07. The maximum Gasteiger partial charge on any atom is 0.322 e. The third-order valence-electron chi connectivity index (χ3n) is 4.75. The molecule has 0 heterocycles. The summed E-state index contributed by atoms with van der Waals surface area (Å²) in [5.74, 6) is 0.522. The van der Waals surface area contributed by atoms with Crippen molar-refractivity contribution in [3.63, 3.8) is 0 Å². The monoisotopic (exact) mass is 354 g/mol. The summed E-state index contributed by atoms with van der Waals surface area (Å²) < 4.78 is 5.17. The number of rotatable bonds is 5. The molecule has 0 bridgehead atoms. The van der Waals surface area contributed by atoms with Crippen LogP contribution in [0, 0.1) is 20.8 Å². The minimum atomic E-state index is -0.0883. The normalized spacial score (nSPS) is 13.4. The zero-order valence-electron chi connectivity index (χ0n) is 15.8. The fourth-order valence-electron chi connectivity index (χ4n) is 3.33. The predicted molar refractivity (Wildman–Crippen MR) is 103 cm³/mol. The molecule has 138 valence electrons. The average molecular weight is 354 g/mol. The second-order valence-corrected chi connectivity index (χ2v) is 7.07. The third-order valence-corrected chi connectivity index (χ3v) is 4.75. The number of aryl methyl sites for hydroxylation is 3. The first-order chi connectivity index (χ1) is 12.4. The number of hydrogen-bond donors (Lipinski definition) is 2. The van der Waals surface area contributed by atoms with Crippen LogP contribution in [0.4, 0.5) is 10.5 Å². The second kappa shape index (κ2) is 7.28. The number of nitrogens with one attached hydrogen (secondary N) is 1. The van der Waals surface area contributed by atoms with Crippen molar-refractivity contribution in [2.75, 3.05) is 12.4 Å². The molecule has 5 nitrogen and oxygen atoms in total. The maximum absolute atomic E-state index is 12.9. The molecule has 2 aromatic rings. The molecule has 0 spiro atoms. The summed E-state index contributed by atoms with van der Waals surface area (Å²) in [6.45, 7) is 6.57. The van der Waals surface area contributed by atoms with E-state index in [1.54, 1.807) is 12.1 Å². The lowest BCUT2D eigenvalue weighted by Crippen LogP contribution is -2.36. The Labute approximate surface area is 154 Å². The summed E-state index contributed by atoms with van der Waals surface area (Å²) in [5.41, 5.74) is 5.14. The molecule has 1 aliphatic carbocycles. The highest BCUT2D eigenvalue weighted by atomic mass is 16.5. The average Bonchev–Trinajstić information content (AvgIpc) is 3.42. The molecule has 0 aliphatic heterocycles. The number of ether oxygens (including phenoxy) is 1. The van der Waals surface area contributed by atoms with Gasteiger partial charge in [-0.3, -0.25) is 0 Å². The van der Waals surface area contributed by atoms with E-state index in [9.17, 15) is 9.90 Å². The van der Waals surface area contributed by atoms with Gasteiger partial charge in [-0.25, -0.2) is 4.79 Å². The van der Waals surface area contributed by atoms with Gasteiger partial charge in [0, 0.05) is 18.3 Å². The Morgan fingerprint density at radius 2 is 1.85 bits per heavy atom. The first-order valence-electron chi connectivity index (χ1n) is 8.90. The molecule has 0 saturated heterocycles.